The number of sulfonamides is 1. The second kappa shape index (κ2) is 5.02. The summed E-state index contributed by atoms with van der Waals surface area (Å²) in [5.74, 6) is 0. The maximum Gasteiger partial charge on any atom is 0.262 e. The van der Waals surface area contributed by atoms with Gasteiger partial charge in [0.25, 0.3) is 10.0 Å². The highest BCUT2D eigenvalue weighted by Gasteiger charge is 2.18. The van der Waals surface area contributed by atoms with Gasteiger partial charge in [-0.15, -0.1) is 0 Å². The first-order valence-electron chi connectivity index (χ1n) is 5.64. The van der Waals surface area contributed by atoms with Crippen LogP contribution in [-0.2, 0) is 23.7 Å². The van der Waals surface area contributed by atoms with Crippen LogP contribution in [0.2, 0.25) is 0 Å². The van der Waals surface area contributed by atoms with Crippen LogP contribution >= 0.6 is 0 Å². The Balaban J connectivity index is 2.39. The molecule has 0 atom stereocenters. The average Bonchev–Trinajstić information content (AvgIpc) is 2.74. The number of nitrogens with zero attached hydrogens (tertiary/aromatic N) is 2. The number of hydrogen-bond acceptors (Lipinski definition) is 4. The lowest BCUT2D eigenvalue weighted by Crippen LogP contribution is -2.14. The SMILES string of the molecule is Cc1ccc(CO)cc1S(=O)(=O)Nc1cnn(C)c1. The third-order valence-corrected chi connectivity index (χ3v) is 4.21. The summed E-state index contributed by atoms with van der Waals surface area (Å²) in [5, 5.41) is 13.0. The van der Waals surface area contributed by atoms with Gasteiger partial charge in [-0.1, -0.05) is 12.1 Å². The molecular weight excluding hydrogens is 266 g/mol. The predicted molar refractivity (Wildman–Crippen MR) is 71.1 cm³/mol. The van der Waals surface area contributed by atoms with Gasteiger partial charge in [0.2, 0.25) is 0 Å². The van der Waals surface area contributed by atoms with E-state index in [0.717, 1.165) is 0 Å². The molecule has 7 heteroatoms. The summed E-state index contributed by atoms with van der Waals surface area (Å²) in [6, 6.07) is 4.83. The summed E-state index contributed by atoms with van der Waals surface area (Å²) in [4.78, 5) is 0.155. The molecule has 0 saturated heterocycles. The van der Waals surface area contributed by atoms with Crippen LogP contribution in [-0.4, -0.2) is 23.3 Å². The van der Waals surface area contributed by atoms with E-state index in [9.17, 15) is 8.42 Å². The van der Waals surface area contributed by atoms with E-state index in [-0.39, 0.29) is 11.5 Å². The Labute approximate surface area is 111 Å². The Morgan fingerprint density at radius 2 is 2.16 bits per heavy atom. The predicted octanol–water partition coefficient (Wildman–Crippen LogP) is 1.02. The summed E-state index contributed by atoms with van der Waals surface area (Å²) < 4.78 is 28.5. The number of aliphatic hydroxyl groups is 1. The summed E-state index contributed by atoms with van der Waals surface area (Å²) in [6.07, 6.45) is 3.01. The van der Waals surface area contributed by atoms with Crippen LogP contribution in [0, 0.1) is 6.92 Å². The van der Waals surface area contributed by atoms with Crippen molar-refractivity contribution in [1.29, 1.82) is 0 Å². The zero-order chi connectivity index (χ0) is 14.0. The van der Waals surface area contributed by atoms with Crippen LogP contribution in [0.1, 0.15) is 11.1 Å². The van der Waals surface area contributed by atoms with E-state index in [1.165, 1.54) is 16.9 Å². The second-order valence-electron chi connectivity index (χ2n) is 4.27. The zero-order valence-corrected chi connectivity index (χ0v) is 11.5. The summed E-state index contributed by atoms with van der Waals surface area (Å²) >= 11 is 0. The highest BCUT2D eigenvalue weighted by atomic mass is 32.2. The Bertz CT molecular complexity index is 692. The molecule has 2 rings (SSSR count). The minimum absolute atomic E-state index is 0.155. The topological polar surface area (TPSA) is 84.2 Å². The Kier molecular flexibility index (Phi) is 3.59. The lowest BCUT2D eigenvalue weighted by atomic mass is 10.2. The molecule has 2 aromatic rings. The number of rotatable bonds is 4. The standard InChI is InChI=1S/C12H15N3O3S/c1-9-3-4-10(8-16)5-12(9)19(17,18)14-11-6-13-15(2)7-11/h3-7,14,16H,8H2,1-2H3. The molecule has 1 aromatic carbocycles. The zero-order valence-electron chi connectivity index (χ0n) is 10.7. The van der Waals surface area contributed by atoms with Gasteiger partial charge in [-0.3, -0.25) is 9.40 Å². The van der Waals surface area contributed by atoms with Crippen molar-refractivity contribution in [2.24, 2.45) is 7.05 Å². The summed E-state index contributed by atoms with van der Waals surface area (Å²) in [5.41, 5.74) is 1.57. The highest BCUT2D eigenvalue weighted by molar-refractivity contribution is 7.92. The molecule has 2 N–H and O–H groups in total. The van der Waals surface area contributed by atoms with Crippen molar-refractivity contribution in [3.8, 4) is 0 Å². The van der Waals surface area contributed by atoms with E-state index in [2.05, 4.69) is 9.82 Å². The van der Waals surface area contributed by atoms with Crippen LogP contribution in [0.3, 0.4) is 0 Å². The van der Waals surface area contributed by atoms with E-state index in [4.69, 9.17) is 5.11 Å². The monoisotopic (exact) mass is 281 g/mol. The number of aryl methyl sites for hydroxylation is 2. The summed E-state index contributed by atoms with van der Waals surface area (Å²) in [7, 11) is -1.97. The highest BCUT2D eigenvalue weighted by Crippen LogP contribution is 2.20. The van der Waals surface area contributed by atoms with E-state index in [1.807, 2.05) is 0 Å². The van der Waals surface area contributed by atoms with Crippen LogP contribution in [0.5, 0.6) is 0 Å². The second-order valence-corrected chi connectivity index (χ2v) is 5.92. The Hall–Kier alpha value is -1.86. The number of benzene rings is 1. The molecule has 1 aromatic heterocycles. The molecule has 0 aliphatic heterocycles. The van der Waals surface area contributed by atoms with Crippen LogP contribution < -0.4 is 4.72 Å². The summed E-state index contributed by atoms with van der Waals surface area (Å²) in [6.45, 7) is 1.51. The smallest absolute Gasteiger partial charge is 0.262 e. The third kappa shape index (κ3) is 2.94. The fourth-order valence-electron chi connectivity index (χ4n) is 1.72. The van der Waals surface area contributed by atoms with E-state index >= 15 is 0 Å². The molecule has 0 amide bonds. The van der Waals surface area contributed by atoms with Crippen molar-refractivity contribution in [2.75, 3.05) is 4.72 Å². The Morgan fingerprint density at radius 3 is 2.74 bits per heavy atom. The molecule has 0 aliphatic carbocycles. The minimum Gasteiger partial charge on any atom is -0.392 e. The van der Waals surface area contributed by atoms with E-state index in [1.54, 1.807) is 32.3 Å². The Morgan fingerprint density at radius 1 is 1.42 bits per heavy atom. The molecule has 0 fully saturated rings. The average molecular weight is 281 g/mol. The fraction of sp³-hybridized carbons (Fsp3) is 0.250. The maximum atomic E-state index is 12.3. The molecular formula is C12H15N3O3S. The van der Waals surface area contributed by atoms with Crippen molar-refractivity contribution >= 4 is 15.7 Å². The first-order valence-corrected chi connectivity index (χ1v) is 7.12. The lowest BCUT2D eigenvalue weighted by molar-refractivity contribution is 0.281. The van der Waals surface area contributed by atoms with Crippen molar-refractivity contribution < 1.29 is 13.5 Å². The molecule has 0 unspecified atom stereocenters. The van der Waals surface area contributed by atoms with Gasteiger partial charge in [-0.2, -0.15) is 5.10 Å². The van der Waals surface area contributed by atoms with Gasteiger partial charge in [-0.25, -0.2) is 8.42 Å². The molecule has 0 saturated carbocycles. The minimum atomic E-state index is -3.68. The molecule has 1 heterocycles. The molecule has 0 aliphatic rings. The number of aromatic nitrogens is 2. The molecule has 0 radical (unpaired) electrons. The van der Waals surface area contributed by atoms with Crippen molar-refractivity contribution in [3.05, 3.63) is 41.7 Å². The van der Waals surface area contributed by atoms with Gasteiger partial charge in [0.15, 0.2) is 0 Å². The molecule has 6 nitrogen and oxygen atoms in total. The largest absolute Gasteiger partial charge is 0.392 e. The van der Waals surface area contributed by atoms with Gasteiger partial charge < -0.3 is 5.11 Å². The number of anilines is 1. The first-order chi connectivity index (χ1) is 8.92. The van der Waals surface area contributed by atoms with Gasteiger partial charge in [0, 0.05) is 13.2 Å². The van der Waals surface area contributed by atoms with Crippen molar-refractivity contribution in [1.82, 2.24) is 9.78 Å². The normalized spacial score (nSPS) is 11.5. The van der Waals surface area contributed by atoms with Gasteiger partial charge in [0.1, 0.15) is 0 Å². The van der Waals surface area contributed by atoms with Gasteiger partial charge >= 0.3 is 0 Å². The molecule has 19 heavy (non-hydrogen) atoms. The number of nitrogens with one attached hydrogen (secondary N) is 1. The molecule has 0 bridgehead atoms. The maximum absolute atomic E-state index is 12.3. The number of hydrogen-bond donors (Lipinski definition) is 2. The van der Waals surface area contributed by atoms with Gasteiger partial charge in [0.05, 0.1) is 23.4 Å². The van der Waals surface area contributed by atoms with Crippen molar-refractivity contribution in [3.63, 3.8) is 0 Å². The van der Waals surface area contributed by atoms with E-state index < -0.39 is 10.0 Å². The quantitative estimate of drug-likeness (QED) is 0.876. The third-order valence-electron chi connectivity index (χ3n) is 2.68. The van der Waals surface area contributed by atoms with Crippen LogP contribution in [0.4, 0.5) is 5.69 Å². The van der Waals surface area contributed by atoms with E-state index in [0.29, 0.717) is 16.8 Å². The molecule has 102 valence electrons. The number of aliphatic hydroxyl groups excluding tert-OH is 1. The fourth-order valence-corrected chi connectivity index (χ4v) is 3.04. The van der Waals surface area contributed by atoms with Crippen LogP contribution in [0.25, 0.3) is 0 Å². The molecule has 0 spiro atoms. The van der Waals surface area contributed by atoms with Crippen LogP contribution in [0.15, 0.2) is 35.5 Å². The van der Waals surface area contributed by atoms with Crippen molar-refractivity contribution in [2.45, 2.75) is 18.4 Å². The lowest BCUT2D eigenvalue weighted by Gasteiger charge is -2.10. The van der Waals surface area contributed by atoms with Gasteiger partial charge in [-0.05, 0) is 24.1 Å². The first kappa shape index (κ1) is 13.6.